The van der Waals surface area contributed by atoms with Crippen LogP contribution in [0.5, 0.6) is 5.75 Å². The summed E-state index contributed by atoms with van der Waals surface area (Å²) < 4.78 is 11.6. The van der Waals surface area contributed by atoms with E-state index in [1.165, 1.54) is 0 Å². The Balaban J connectivity index is 2.51. The van der Waals surface area contributed by atoms with Gasteiger partial charge in [0, 0.05) is 16.6 Å². The molecule has 0 radical (unpaired) electrons. The molecule has 0 heterocycles. The molecule has 20 heavy (non-hydrogen) atoms. The Kier molecular flexibility index (Phi) is 8.30. The standard InChI is InChI=1S/C15H22BrNO3/c1-3-5-8-19-15(18)11-20-14-7-6-13(16)9-12(14)10-17-4-2/h6-7,9,17H,3-5,8,10-11H2,1-2H3. The molecule has 0 fully saturated rings. The summed E-state index contributed by atoms with van der Waals surface area (Å²) >= 11 is 3.44. The van der Waals surface area contributed by atoms with Crippen LogP contribution in [0, 0.1) is 0 Å². The minimum absolute atomic E-state index is 0.0511. The average Bonchev–Trinajstić information content (AvgIpc) is 2.44. The first-order valence-electron chi connectivity index (χ1n) is 6.95. The lowest BCUT2D eigenvalue weighted by Gasteiger charge is -2.12. The maximum Gasteiger partial charge on any atom is 0.344 e. The van der Waals surface area contributed by atoms with Crippen molar-refractivity contribution in [3.63, 3.8) is 0 Å². The summed E-state index contributed by atoms with van der Waals surface area (Å²) in [7, 11) is 0. The van der Waals surface area contributed by atoms with Crippen molar-refractivity contribution in [2.75, 3.05) is 19.8 Å². The van der Waals surface area contributed by atoms with E-state index in [2.05, 4.69) is 28.2 Å². The van der Waals surface area contributed by atoms with E-state index in [0.717, 1.165) is 29.4 Å². The number of ether oxygens (including phenoxy) is 2. The van der Waals surface area contributed by atoms with Crippen LogP contribution in [0.4, 0.5) is 0 Å². The van der Waals surface area contributed by atoms with Crippen molar-refractivity contribution < 1.29 is 14.3 Å². The molecule has 0 aliphatic carbocycles. The molecule has 0 saturated carbocycles. The molecule has 0 atom stereocenters. The number of esters is 1. The van der Waals surface area contributed by atoms with Crippen molar-refractivity contribution in [2.45, 2.75) is 33.2 Å². The molecule has 5 heteroatoms. The monoisotopic (exact) mass is 343 g/mol. The third-order valence-electron chi connectivity index (χ3n) is 2.69. The van der Waals surface area contributed by atoms with E-state index < -0.39 is 0 Å². The first-order chi connectivity index (χ1) is 9.67. The summed E-state index contributed by atoms with van der Waals surface area (Å²) in [5, 5.41) is 3.24. The third-order valence-corrected chi connectivity index (χ3v) is 3.19. The van der Waals surface area contributed by atoms with E-state index in [0.29, 0.717) is 18.9 Å². The normalized spacial score (nSPS) is 10.3. The summed E-state index contributed by atoms with van der Waals surface area (Å²) in [5.74, 6) is 0.386. The Morgan fingerprint density at radius 1 is 1.35 bits per heavy atom. The SMILES string of the molecule is CCCCOC(=O)COc1ccc(Br)cc1CNCC. The molecule has 0 aliphatic rings. The van der Waals surface area contributed by atoms with Gasteiger partial charge in [-0.05, 0) is 31.2 Å². The Hall–Kier alpha value is -1.07. The number of halogens is 1. The molecule has 0 unspecified atom stereocenters. The van der Waals surface area contributed by atoms with E-state index >= 15 is 0 Å². The van der Waals surface area contributed by atoms with Crippen molar-refractivity contribution in [1.29, 1.82) is 0 Å². The zero-order valence-corrected chi connectivity index (χ0v) is 13.7. The molecule has 0 aromatic heterocycles. The van der Waals surface area contributed by atoms with Gasteiger partial charge in [0.2, 0.25) is 0 Å². The summed E-state index contributed by atoms with van der Waals surface area (Å²) in [4.78, 5) is 11.5. The highest BCUT2D eigenvalue weighted by atomic mass is 79.9. The van der Waals surface area contributed by atoms with E-state index in [4.69, 9.17) is 9.47 Å². The minimum Gasteiger partial charge on any atom is -0.482 e. The lowest BCUT2D eigenvalue weighted by molar-refractivity contribution is -0.146. The Morgan fingerprint density at radius 2 is 2.15 bits per heavy atom. The van der Waals surface area contributed by atoms with Crippen LogP contribution in [-0.4, -0.2) is 25.7 Å². The zero-order chi connectivity index (χ0) is 14.8. The van der Waals surface area contributed by atoms with Crippen LogP contribution in [0.25, 0.3) is 0 Å². The molecule has 1 rings (SSSR count). The number of carbonyl (C=O) groups is 1. The van der Waals surface area contributed by atoms with Gasteiger partial charge in [0.25, 0.3) is 0 Å². The van der Waals surface area contributed by atoms with Gasteiger partial charge in [0.15, 0.2) is 6.61 Å². The molecule has 0 spiro atoms. The summed E-state index contributed by atoms with van der Waals surface area (Å²) in [6.07, 6.45) is 1.89. The highest BCUT2D eigenvalue weighted by Gasteiger charge is 2.08. The Morgan fingerprint density at radius 3 is 2.85 bits per heavy atom. The minimum atomic E-state index is -0.323. The topological polar surface area (TPSA) is 47.6 Å². The second-order valence-corrected chi connectivity index (χ2v) is 5.31. The second kappa shape index (κ2) is 9.77. The van der Waals surface area contributed by atoms with Crippen LogP contribution in [0.3, 0.4) is 0 Å². The van der Waals surface area contributed by atoms with Crippen LogP contribution in [0.1, 0.15) is 32.3 Å². The molecule has 0 amide bonds. The number of carbonyl (C=O) groups excluding carboxylic acids is 1. The maximum absolute atomic E-state index is 11.5. The highest BCUT2D eigenvalue weighted by Crippen LogP contribution is 2.23. The predicted octanol–water partition coefficient (Wildman–Crippen LogP) is 3.28. The first-order valence-corrected chi connectivity index (χ1v) is 7.74. The van der Waals surface area contributed by atoms with E-state index in [9.17, 15) is 4.79 Å². The van der Waals surface area contributed by atoms with Crippen LogP contribution in [-0.2, 0) is 16.1 Å². The number of hydrogen-bond donors (Lipinski definition) is 1. The smallest absolute Gasteiger partial charge is 0.344 e. The van der Waals surface area contributed by atoms with Crippen LogP contribution in [0.15, 0.2) is 22.7 Å². The average molecular weight is 344 g/mol. The Bertz CT molecular complexity index is 424. The van der Waals surface area contributed by atoms with Crippen molar-refractivity contribution in [3.05, 3.63) is 28.2 Å². The fourth-order valence-electron chi connectivity index (χ4n) is 1.60. The van der Waals surface area contributed by atoms with Crippen molar-refractivity contribution in [2.24, 2.45) is 0 Å². The largest absolute Gasteiger partial charge is 0.482 e. The maximum atomic E-state index is 11.5. The summed E-state index contributed by atoms with van der Waals surface area (Å²) in [5.41, 5.74) is 1.02. The van der Waals surface area contributed by atoms with Crippen molar-refractivity contribution in [3.8, 4) is 5.75 Å². The molecule has 1 aromatic carbocycles. The summed E-state index contributed by atoms with van der Waals surface area (Å²) in [6, 6.07) is 5.74. The van der Waals surface area contributed by atoms with Crippen molar-refractivity contribution >= 4 is 21.9 Å². The molecule has 0 bridgehead atoms. The number of nitrogens with one attached hydrogen (secondary N) is 1. The molecular weight excluding hydrogens is 322 g/mol. The van der Waals surface area contributed by atoms with Crippen LogP contribution < -0.4 is 10.1 Å². The van der Waals surface area contributed by atoms with Crippen LogP contribution in [0.2, 0.25) is 0 Å². The molecule has 1 N–H and O–H groups in total. The number of rotatable bonds is 9. The van der Waals surface area contributed by atoms with Gasteiger partial charge in [-0.25, -0.2) is 4.79 Å². The van der Waals surface area contributed by atoms with Gasteiger partial charge in [0.05, 0.1) is 6.61 Å². The van der Waals surface area contributed by atoms with Gasteiger partial charge >= 0.3 is 5.97 Å². The summed E-state index contributed by atoms with van der Waals surface area (Å²) in [6.45, 7) is 6.09. The number of benzene rings is 1. The predicted molar refractivity (Wildman–Crippen MR) is 82.9 cm³/mol. The van der Waals surface area contributed by atoms with Gasteiger partial charge in [-0.15, -0.1) is 0 Å². The number of unbranched alkanes of at least 4 members (excludes halogenated alkanes) is 1. The molecular formula is C15H22BrNO3. The third kappa shape index (κ3) is 6.39. The van der Waals surface area contributed by atoms with Gasteiger partial charge in [0.1, 0.15) is 5.75 Å². The van der Waals surface area contributed by atoms with Crippen molar-refractivity contribution in [1.82, 2.24) is 5.32 Å². The van der Waals surface area contributed by atoms with Crippen LogP contribution >= 0.6 is 15.9 Å². The molecule has 1 aromatic rings. The van der Waals surface area contributed by atoms with E-state index in [-0.39, 0.29) is 12.6 Å². The van der Waals surface area contributed by atoms with E-state index in [1.54, 1.807) is 0 Å². The van der Waals surface area contributed by atoms with Gasteiger partial charge in [-0.3, -0.25) is 0 Å². The molecule has 0 aliphatic heterocycles. The first kappa shape index (κ1) is 17.0. The second-order valence-electron chi connectivity index (χ2n) is 4.40. The van der Waals surface area contributed by atoms with Gasteiger partial charge in [-0.1, -0.05) is 36.2 Å². The fraction of sp³-hybridized carbons (Fsp3) is 0.533. The fourth-order valence-corrected chi connectivity index (χ4v) is 2.00. The van der Waals surface area contributed by atoms with Gasteiger partial charge < -0.3 is 14.8 Å². The van der Waals surface area contributed by atoms with E-state index in [1.807, 2.05) is 25.1 Å². The zero-order valence-electron chi connectivity index (χ0n) is 12.1. The highest BCUT2D eigenvalue weighted by molar-refractivity contribution is 9.10. The van der Waals surface area contributed by atoms with Gasteiger partial charge in [-0.2, -0.15) is 0 Å². The number of hydrogen-bond acceptors (Lipinski definition) is 4. The molecule has 112 valence electrons. The lowest BCUT2D eigenvalue weighted by Crippen LogP contribution is -2.17. The molecule has 0 saturated heterocycles. The Labute approximate surface area is 129 Å². The molecule has 4 nitrogen and oxygen atoms in total. The lowest BCUT2D eigenvalue weighted by atomic mass is 10.2. The quantitative estimate of drug-likeness (QED) is 0.552.